The Hall–Kier alpha value is -1.11. The average Bonchev–Trinajstić information content (AvgIpc) is 2.53. The molecule has 0 aliphatic carbocycles. The van der Waals surface area contributed by atoms with E-state index in [4.69, 9.17) is 0 Å². The average molecular weight is 456 g/mol. The topological polar surface area (TPSA) is 41.5 Å². The summed E-state index contributed by atoms with van der Waals surface area (Å²) < 4.78 is 2.07. The second-order valence-electron chi connectivity index (χ2n) is 4.86. The number of hydrogen-bond acceptors (Lipinski definition) is 3. The second-order valence-corrected chi connectivity index (χ2v) is 7.68. The molecule has 0 aliphatic rings. The number of amides is 1. The molecule has 0 saturated carbocycles. The number of rotatable bonds is 6. The van der Waals surface area contributed by atoms with Gasteiger partial charge in [-0.15, -0.1) is 11.8 Å². The first kappa shape index (κ1) is 18.2. The van der Waals surface area contributed by atoms with Crippen LogP contribution in [0.5, 0.6) is 0 Å². The Balaban J connectivity index is 1.78. The molecule has 6 heteroatoms. The number of halogens is 2. The van der Waals surface area contributed by atoms with E-state index in [-0.39, 0.29) is 5.91 Å². The van der Waals surface area contributed by atoms with Crippen LogP contribution in [0.25, 0.3) is 0 Å². The van der Waals surface area contributed by atoms with E-state index < -0.39 is 0 Å². The Labute approximate surface area is 157 Å². The Morgan fingerprint density at radius 2 is 1.87 bits per heavy atom. The van der Waals surface area contributed by atoms with Crippen LogP contribution in [0.3, 0.4) is 0 Å². The van der Waals surface area contributed by atoms with Gasteiger partial charge in [-0.25, -0.2) is 5.43 Å². The minimum absolute atomic E-state index is 0.0959. The van der Waals surface area contributed by atoms with Crippen molar-refractivity contribution >= 4 is 55.2 Å². The SMILES string of the molecule is CC(=NNC(=O)CSCc1cccc(Br)c1)c1ccc(Br)cc1. The summed E-state index contributed by atoms with van der Waals surface area (Å²) in [4.78, 5) is 11.8. The van der Waals surface area contributed by atoms with Gasteiger partial charge in [0.05, 0.1) is 11.5 Å². The van der Waals surface area contributed by atoms with Gasteiger partial charge in [0.1, 0.15) is 0 Å². The monoisotopic (exact) mass is 454 g/mol. The van der Waals surface area contributed by atoms with Crippen LogP contribution >= 0.6 is 43.6 Å². The highest BCUT2D eigenvalue weighted by Gasteiger charge is 2.03. The summed E-state index contributed by atoms with van der Waals surface area (Å²) in [6.45, 7) is 1.87. The largest absolute Gasteiger partial charge is 0.272 e. The highest BCUT2D eigenvalue weighted by atomic mass is 79.9. The van der Waals surface area contributed by atoms with Gasteiger partial charge >= 0.3 is 0 Å². The zero-order valence-electron chi connectivity index (χ0n) is 12.6. The zero-order valence-corrected chi connectivity index (χ0v) is 16.5. The Morgan fingerprint density at radius 1 is 1.13 bits per heavy atom. The Bertz CT molecular complexity index is 702. The Kier molecular flexibility index (Phi) is 7.33. The maximum absolute atomic E-state index is 11.8. The van der Waals surface area contributed by atoms with Crippen LogP contribution < -0.4 is 5.43 Å². The molecule has 3 nitrogen and oxygen atoms in total. The molecular formula is C17H16Br2N2OS. The summed E-state index contributed by atoms with van der Waals surface area (Å²) in [7, 11) is 0. The number of hydrogen-bond donors (Lipinski definition) is 1. The quantitative estimate of drug-likeness (QED) is 0.492. The van der Waals surface area contributed by atoms with E-state index in [1.165, 1.54) is 5.56 Å². The maximum atomic E-state index is 11.8. The van der Waals surface area contributed by atoms with E-state index in [9.17, 15) is 4.79 Å². The maximum Gasteiger partial charge on any atom is 0.250 e. The standard InChI is InChI=1S/C17H16Br2N2OS/c1-12(14-5-7-15(18)8-6-14)20-21-17(22)11-23-10-13-3-2-4-16(19)9-13/h2-9H,10-11H2,1H3,(H,21,22). The fourth-order valence-corrected chi connectivity index (χ4v) is 3.30. The third-order valence-electron chi connectivity index (χ3n) is 3.00. The minimum atomic E-state index is -0.0959. The fourth-order valence-electron chi connectivity index (χ4n) is 1.82. The lowest BCUT2D eigenvalue weighted by molar-refractivity contribution is -0.118. The molecule has 0 radical (unpaired) electrons. The van der Waals surface area contributed by atoms with E-state index in [1.54, 1.807) is 11.8 Å². The number of benzene rings is 2. The smallest absolute Gasteiger partial charge is 0.250 e. The third kappa shape index (κ3) is 6.49. The highest BCUT2D eigenvalue weighted by Crippen LogP contribution is 2.17. The van der Waals surface area contributed by atoms with Crippen LogP contribution in [0.4, 0.5) is 0 Å². The van der Waals surface area contributed by atoms with Crippen LogP contribution in [0.1, 0.15) is 18.1 Å². The molecule has 2 rings (SSSR count). The summed E-state index contributed by atoms with van der Waals surface area (Å²) in [5.74, 6) is 1.08. The fraction of sp³-hybridized carbons (Fsp3) is 0.176. The molecule has 0 aromatic heterocycles. The molecule has 1 amide bonds. The lowest BCUT2D eigenvalue weighted by atomic mass is 10.1. The van der Waals surface area contributed by atoms with Gasteiger partial charge in [0.25, 0.3) is 0 Å². The van der Waals surface area contributed by atoms with Crippen molar-refractivity contribution in [3.8, 4) is 0 Å². The molecule has 0 saturated heterocycles. The molecule has 0 heterocycles. The van der Waals surface area contributed by atoms with E-state index in [1.807, 2.05) is 49.4 Å². The van der Waals surface area contributed by atoms with Gasteiger partial charge in [0, 0.05) is 14.7 Å². The Morgan fingerprint density at radius 3 is 2.57 bits per heavy atom. The first-order valence-corrected chi connectivity index (χ1v) is 9.70. The summed E-state index contributed by atoms with van der Waals surface area (Å²) in [5, 5.41) is 4.14. The number of nitrogens with zero attached hydrogens (tertiary/aromatic N) is 1. The summed E-state index contributed by atoms with van der Waals surface area (Å²) in [6, 6.07) is 15.9. The molecule has 0 aliphatic heterocycles. The van der Waals surface area contributed by atoms with Crippen molar-refractivity contribution < 1.29 is 4.79 Å². The van der Waals surface area contributed by atoms with Gasteiger partial charge in [-0.1, -0.05) is 56.1 Å². The van der Waals surface area contributed by atoms with Crippen LogP contribution in [-0.2, 0) is 10.5 Å². The van der Waals surface area contributed by atoms with Gasteiger partial charge in [-0.05, 0) is 42.3 Å². The van der Waals surface area contributed by atoms with Crippen LogP contribution in [0, 0.1) is 0 Å². The summed E-state index contributed by atoms with van der Waals surface area (Å²) >= 11 is 8.40. The molecule has 0 bridgehead atoms. The molecule has 0 unspecified atom stereocenters. The van der Waals surface area contributed by atoms with Crippen molar-refractivity contribution in [2.24, 2.45) is 5.10 Å². The number of carbonyl (C=O) groups excluding carboxylic acids is 1. The number of thioether (sulfide) groups is 1. The number of carbonyl (C=O) groups is 1. The molecule has 0 atom stereocenters. The van der Waals surface area contributed by atoms with E-state index in [0.717, 1.165) is 26.0 Å². The van der Waals surface area contributed by atoms with E-state index in [0.29, 0.717) is 5.75 Å². The van der Waals surface area contributed by atoms with Crippen molar-refractivity contribution in [1.29, 1.82) is 0 Å². The predicted molar refractivity (Wildman–Crippen MR) is 105 cm³/mol. The third-order valence-corrected chi connectivity index (χ3v) is 5.03. The van der Waals surface area contributed by atoms with E-state index in [2.05, 4.69) is 48.5 Å². The van der Waals surface area contributed by atoms with Crippen molar-refractivity contribution in [3.05, 3.63) is 68.6 Å². The van der Waals surface area contributed by atoms with Crippen molar-refractivity contribution in [1.82, 2.24) is 5.43 Å². The normalized spacial score (nSPS) is 11.3. The van der Waals surface area contributed by atoms with E-state index >= 15 is 0 Å². The van der Waals surface area contributed by atoms with Crippen molar-refractivity contribution in [2.75, 3.05) is 5.75 Å². The van der Waals surface area contributed by atoms with Crippen LogP contribution in [-0.4, -0.2) is 17.4 Å². The van der Waals surface area contributed by atoms with Gasteiger partial charge in [-0.2, -0.15) is 5.10 Å². The first-order valence-electron chi connectivity index (χ1n) is 6.96. The zero-order chi connectivity index (χ0) is 16.7. The van der Waals surface area contributed by atoms with Gasteiger partial charge < -0.3 is 0 Å². The molecule has 0 spiro atoms. The second kappa shape index (κ2) is 9.25. The van der Waals surface area contributed by atoms with Crippen LogP contribution in [0.15, 0.2) is 62.6 Å². The van der Waals surface area contributed by atoms with Crippen molar-refractivity contribution in [3.63, 3.8) is 0 Å². The van der Waals surface area contributed by atoms with Gasteiger partial charge in [0.15, 0.2) is 0 Å². The number of nitrogens with one attached hydrogen (secondary N) is 1. The molecule has 23 heavy (non-hydrogen) atoms. The lowest BCUT2D eigenvalue weighted by Crippen LogP contribution is -2.21. The summed E-state index contributed by atoms with van der Waals surface area (Å²) in [5.41, 5.74) is 5.55. The highest BCUT2D eigenvalue weighted by molar-refractivity contribution is 9.10. The number of hydrazone groups is 1. The molecular weight excluding hydrogens is 440 g/mol. The molecule has 1 N–H and O–H groups in total. The first-order chi connectivity index (χ1) is 11.0. The molecule has 120 valence electrons. The van der Waals surface area contributed by atoms with Gasteiger partial charge in [-0.3, -0.25) is 4.79 Å². The van der Waals surface area contributed by atoms with Crippen LogP contribution in [0.2, 0.25) is 0 Å². The summed E-state index contributed by atoms with van der Waals surface area (Å²) in [6.07, 6.45) is 0. The van der Waals surface area contributed by atoms with Crippen molar-refractivity contribution in [2.45, 2.75) is 12.7 Å². The minimum Gasteiger partial charge on any atom is -0.272 e. The molecule has 2 aromatic carbocycles. The van der Waals surface area contributed by atoms with Gasteiger partial charge in [0.2, 0.25) is 5.91 Å². The predicted octanol–water partition coefficient (Wildman–Crippen LogP) is 4.99. The molecule has 0 fully saturated rings. The lowest BCUT2D eigenvalue weighted by Gasteiger charge is -2.04. The molecule has 2 aromatic rings.